The zero-order chi connectivity index (χ0) is 39.3. The summed E-state index contributed by atoms with van der Waals surface area (Å²) in [7, 11) is -2.13. The predicted octanol–water partition coefficient (Wildman–Crippen LogP) is 10.2. The summed E-state index contributed by atoms with van der Waals surface area (Å²) in [5, 5.41) is 2.72. The van der Waals surface area contributed by atoms with Crippen molar-refractivity contribution in [3.05, 3.63) is 94.0 Å². The second-order valence-electron chi connectivity index (χ2n) is 16.3. The van der Waals surface area contributed by atoms with Gasteiger partial charge in [-0.25, -0.2) is 18.0 Å². The van der Waals surface area contributed by atoms with E-state index in [2.05, 4.69) is 44.2 Å². The highest BCUT2D eigenvalue weighted by atomic mass is 35.5. The Kier molecular flexibility index (Phi) is 13.8. The Balaban J connectivity index is 1.55. The van der Waals surface area contributed by atoms with E-state index in [1.165, 1.54) is 36.5 Å². The molecule has 1 aliphatic rings. The first-order valence-corrected chi connectivity index (χ1v) is 21.4. The van der Waals surface area contributed by atoms with Crippen molar-refractivity contribution in [3.8, 4) is 0 Å². The number of carbonyl (C=O) groups is 2. The van der Waals surface area contributed by atoms with E-state index in [4.69, 9.17) is 25.5 Å². The lowest BCUT2D eigenvalue weighted by Crippen LogP contribution is -2.56. The van der Waals surface area contributed by atoms with Crippen LogP contribution in [-0.4, -0.2) is 67.7 Å². The third kappa shape index (κ3) is 11.3. The first-order valence-electron chi connectivity index (χ1n) is 18.1. The number of hydrogen-bond acceptors (Lipinski definition) is 6. The molecule has 0 spiro atoms. The minimum Gasteiger partial charge on any atom is -0.444 e. The molecule has 1 aromatic heterocycles. The van der Waals surface area contributed by atoms with Crippen LogP contribution in [0.5, 0.6) is 0 Å². The van der Waals surface area contributed by atoms with Gasteiger partial charge in [-0.1, -0.05) is 57.5 Å². The SMILES string of the molecule is CCC(C[C@@H]1CN(C(=O)OC(C)(C)C)[C@H](CO[Si](C)(C)C(C)(C)C)CO1)c1c(F)cncc1NC(=O)C[C@H](c1cccc(F)c1)c1ccc(Cl)c(F)c1. The second kappa shape index (κ2) is 17.3. The quantitative estimate of drug-likeness (QED) is 0.184. The highest BCUT2D eigenvalue weighted by Crippen LogP contribution is 2.38. The minimum absolute atomic E-state index is 0.0218. The van der Waals surface area contributed by atoms with E-state index in [9.17, 15) is 18.4 Å². The Morgan fingerprint density at radius 2 is 1.74 bits per heavy atom. The molecule has 0 bridgehead atoms. The van der Waals surface area contributed by atoms with E-state index in [0.717, 1.165) is 6.20 Å². The van der Waals surface area contributed by atoms with E-state index >= 15 is 4.39 Å². The van der Waals surface area contributed by atoms with Gasteiger partial charge < -0.3 is 19.2 Å². The minimum atomic E-state index is -2.13. The van der Waals surface area contributed by atoms with Gasteiger partial charge in [0.1, 0.15) is 23.1 Å². The van der Waals surface area contributed by atoms with Gasteiger partial charge in [-0.2, -0.15) is 0 Å². The topological polar surface area (TPSA) is 90.0 Å². The van der Waals surface area contributed by atoms with Crippen LogP contribution in [0.15, 0.2) is 54.9 Å². The van der Waals surface area contributed by atoms with E-state index in [1.807, 2.05) is 27.7 Å². The highest BCUT2D eigenvalue weighted by molar-refractivity contribution is 6.74. The maximum Gasteiger partial charge on any atom is 0.410 e. The Labute approximate surface area is 317 Å². The Morgan fingerprint density at radius 3 is 2.36 bits per heavy atom. The lowest BCUT2D eigenvalue weighted by Gasteiger charge is -2.43. The molecular weight excluding hydrogens is 723 g/mol. The van der Waals surface area contributed by atoms with Gasteiger partial charge in [-0.3, -0.25) is 14.7 Å². The molecule has 13 heteroatoms. The Bertz CT molecular complexity index is 1750. The summed E-state index contributed by atoms with van der Waals surface area (Å²) < 4.78 is 63.2. The Hall–Kier alpha value is -3.45. The summed E-state index contributed by atoms with van der Waals surface area (Å²) in [5.74, 6) is -3.44. The number of hydrogen-bond donors (Lipinski definition) is 1. The van der Waals surface area contributed by atoms with Crippen molar-refractivity contribution >= 4 is 37.6 Å². The van der Waals surface area contributed by atoms with Crippen LogP contribution in [0.2, 0.25) is 23.2 Å². The van der Waals surface area contributed by atoms with Crippen molar-refractivity contribution in [2.75, 3.05) is 25.1 Å². The molecule has 53 heavy (non-hydrogen) atoms. The normalized spacial score (nSPS) is 18.0. The number of ether oxygens (including phenoxy) is 2. The summed E-state index contributed by atoms with van der Waals surface area (Å²) in [4.78, 5) is 32.9. The summed E-state index contributed by atoms with van der Waals surface area (Å²) in [6.07, 6.45) is 2.18. The standard InChI is InChI=1S/C40H53ClF3N3O5Si/c1-10-25(17-30-22-47(38(49)52-39(2,3)4)29(23-50-30)24-51-53(8,9)40(5,6)7)37-34(44)20-45-21-35(37)46-36(48)19-31(26-12-11-13-28(42)16-26)27-14-15-32(41)33(43)18-27/h11-16,18,20-21,25,29-31H,10,17,19,22-24H2,1-9H3,(H,46,48)/t25?,29-,30+,31+/m0/s1. The molecule has 1 aliphatic heterocycles. The number of morpholine rings is 1. The Morgan fingerprint density at radius 1 is 1.04 bits per heavy atom. The van der Waals surface area contributed by atoms with Crippen molar-refractivity contribution in [1.82, 2.24) is 9.88 Å². The molecular formula is C40H53ClF3N3O5Si. The molecule has 1 unspecified atom stereocenters. The molecule has 2 aromatic carbocycles. The van der Waals surface area contributed by atoms with Crippen LogP contribution in [0.3, 0.4) is 0 Å². The zero-order valence-electron chi connectivity index (χ0n) is 32.2. The second-order valence-corrected chi connectivity index (χ2v) is 21.5. The molecule has 8 nitrogen and oxygen atoms in total. The molecule has 4 atom stereocenters. The fourth-order valence-corrected chi connectivity index (χ4v) is 7.30. The summed E-state index contributed by atoms with van der Waals surface area (Å²) in [5.41, 5.74) is 0.607. The van der Waals surface area contributed by atoms with E-state index < -0.39 is 61.3 Å². The molecule has 1 N–H and O–H groups in total. The molecule has 3 aromatic rings. The van der Waals surface area contributed by atoms with Gasteiger partial charge >= 0.3 is 6.09 Å². The molecule has 4 rings (SSSR count). The van der Waals surface area contributed by atoms with Gasteiger partial charge in [0.05, 0.1) is 55.0 Å². The van der Waals surface area contributed by atoms with Crippen LogP contribution in [0.25, 0.3) is 0 Å². The molecule has 0 aliphatic carbocycles. The third-order valence-corrected chi connectivity index (χ3v) is 14.9. The molecule has 1 saturated heterocycles. The number of nitrogens with one attached hydrogen (secondary N) is 1. The van der Waals surface area contributed by atoms with Crippen LogP contribution in [0, 0.1) is 17.5 Å². The number of nitrogens with zero attached hydrogens (tertiary/aromatic N) is 2. The lowest BCUT2D eigenvalue weighted by atomic mass is 9.87. The maximum atomic E-state index is 15.7. The fraction of sp³-hybridized carbons (Fsp3) is 0.525. The third-order valence-electron chi connectivity index (χ3n) is 10.1. The average Bonchev–Trinajstić information content (AvgIpc) is 3.06. The molecule has 0 radical (unpaired) electrons. The van der Waals surface area contributed by atoms with E-state index in [0.29, 0.717) is 30.6 Å². The van der Waals surface area contributed by atoms with Crippen LogP contribution in [0.4, 0.5) is 23.7 Å². The van der Waals surface area contributed by atoms with Gasteiger partial charge in [0.25, 0.3) is 0 Å². The first-order chi connectivity index (χ1) is 24.7. The highest BCUT2D eigenvalue weighted by Gasteiger charge is 2.41. The van der Waals surface area contributed by atoms with Crippen LogP contribution in [0.1, 0.15) is 96.3 Å². The van der Waals surface area contributed by atoms with Crippen molar-refractivity contribution in [2.45, 2.75) is 115 Å². The summed E-state index contributed by atoms with van der Waals surface area (Å²) >= 11 is 5.92. The van der Waals surface area contributed by atoms with Crippen molar-refractivity contribution in [3.63, 3.8) is 0 Å². The molecule has 1 fully saturated rings. The molecule has 290 valence electrons. The van der Waals surface area contributed by atoms with Crippen LogP contribution in [-0.2, 0) is 18.7 Å². The van der Waals surface area contributed by atoms with Crippen LogP contribution >= 0.6 is 11.6 Å². The van der Waals surface area contributed by atoms with Gasteiger partial charge in [0.15, 0.2) is 8.32 Å². The van der Waals surface area contributed by atoms with Gasteiger partial charge in [-0.15, -0.1) is 0 Å². The number of carbonyl (C=O) groups excluding carboxylic acids is 2. The smallest absolute Gasteiger partial charge is 0.410 e. The monoisotopic (exact) mass is 775 g/mol. The van der Waals surface area contributed by atoms with Crippen LogP contribution < -0.4 is 5.32 Å². The fourth-order valence-electron chi connectivity index (χ4n) is 6.14. The first kappa shape index (κ1) is 42.3. The predicted molar refractivity (Wildman–Crippen MR) is 204 cm³/mol. The number of rotatable bonds is 12. The molecule has 0 saturated carbocycles. The number of benzene rings is 2. The summed E-state index contributed by atoms with van der Waals surface area (Å²) in [6, 6.07) is 9.58. The number of halogens is 4. The van der Waals surface area contributed by atoms with Gasteiger partial charge in [-0.05, 0) is 93.1 Å². The number of pyridine rings is 1. The zero-order valence-corrected chi connectivity index (χ0v) is 34.0. The van der Waals surface area contributed by atoms with E-state index in [-0.39, 0.29) is 46.9 Å². The van der Waals surface area contributed by atoms with Crippen molar-refractivity contribution in [1.29, 1.82) is 0 Å². The van der Waals surface area contributed by atoms with Gasteiger partial charge in [0, 0.05) is 17.9 Å². The van der Waals surface area contributed by atoms with Crippen molar-refractivity contribution < 1.29 is 36.7 Å². The maximum absolute atomic E-state index is 15.7. The number of amides is 2. The van der Waals surface area contributed by atoms with Gasteiger partial charge in [0.2, 0.25) is 5.91 Å². The number of anilines is 1. The van der Waals surface area contributed by atoms with E-state index in [1.54, 1.807) is 17.0 Å². The molecule has 2 heterocycles. The lowest BCUT2D eigenvalue weighted by molar-refractivity contribution is -0.116. The van der Waals surface area contributed by atoms with Crippen molar-refractivity contribution in [2.24, 2.45) is 0 Å². The summed E-state index contributed by atoms with van der Waals surface area (Å²) in [6.45, 7) is 18.8. The number of aromatic nitrogens is 1. The molecule has 2 amide bonds. The average molecular weight is 776 g/mol. The largest absolute Gasteiger partial charge is 0.444 e.